The van der Waals surface area contributed by atoms with Crippen LogP contribution in [0.4, 0.5) is 0 Å². The molecule has 1 heterocycles. The third-order valence-corrected chi connectivity index (χ3v) is 5.80. The molecule has 1 aliphatic heterocycles. The lowest BCUT2D eigenvalue weighted by atomic mass is 9.83. The second kappa shape index (κ2) is 9.89. The van der Waals surface area contributed by atoms with Crippen LogP contribution in [-0.2, 0) is 4.79 Å². The highest BCUT2D eigenvalue weighted by Gasteiger charge is 2.33. The van der Waals surface area contributed by atoms with Crippen LogP contribution in [-0.4, -0.2) is 19.7 Å². The molecule has 3 aromatic carbocycles. The Labute approximate surface area is 205 Å². The van der Waals surface area contributed by atoms with Crippen LogP contribution in [0.3, 0.4) is 0 Å². The largest absolute Gasteiger partial charge is 0.496 e. The summed E-state index contributed by atoms with van der Waals surface area (Å²) in [7, 11) is 1.56. The normalized spacial score (nSPS) is 14.5. The minimum atomic E-state index is -0.567. The predicted octanol–water partition coefficient (Wildman–Crippen LogP) is 4.97. The third kappa shape index (κ3) is 4.85. The number of fused-ring (bicyclic) bond motifs is 1. The molecule has 0 bridgehead atoms. The summed E-state index contributed by atoms with van der Waals surface area (Å²) < 4.78 is 23.0. The van der Waals surface area contributed by atoms with Crippen molar-refractivity contribution in [1.82, 2.24) is 0 Å². The Kier molecular flexibility index (Phi) is 6.75. The second-order valence-electron chi connectivity index (χ2n) is 7.59. The van der Waals surface area contributed by atoms with Gasteiger partial charge in [0.1, 0.15) is 34.6 Å². The van der Waals surface area contributed by atoms with Crippen molar-refractivity contribution in [3.63, 3.8) is 0 Å². The molecule has 0 radical (unpaired) electrons. The lowest BCUT2D eigenvalue weighted by molar-refractivity contribution is -0.136. The fraction of sp³-hybridized carbons (Fsp3) is 0.154. The lowest BCUT2D eigenvalue weighted by Gasteiger charge is -2.27. The number of hydrogen-bond acceptors (Lipinski definition) is 7. The van der Waals surface area contributed by atoms with Gasteiger partial charge in [0.25, 0.3) is 0 Å². The first-order valence-electron chi connectivity index (χ1n) is 10.3. The SMILES string of the molecule is COc1ccc(Br)cc1C1C(C#N)=C(N)Oc2cc(OC(=O)COc3ccc(C)cc3)ccc21. The van der Waals surface area contributed by atoms with Crippen molar-refractivity contribution in [2.45, 2.75) is 12.8 Å². The second-order valence-corrected chi connectivity index (χ2v) is 8.50. The van der Waals surface area contributed by atoms with Gasteiger partial charge in [-0.05, 0) is 43.3 Å². The van der Waals surface area contributed by atoms with Crippen molar-refractivity contribution in [3.8, 4) is 29.1 Å². The van der Waals surface area contributed by atoms with Crippen LogP contribution in [0.25, 0.3) is 0 Å². The van der Waals surface area contributed by atoms with Crippen LogP contribution in [0.1, 0.15) is 22.6 Å². The van der Waals surface area contributed by atoms with Gasteiger partial charge in [0, 0.05) is 21.7 Å². The topological polar surface area (TPSA) is 104 Å². The summed E-state index contributed by atoms with van der Waals surface area (Å²) >= 11 is 3.48. The summed E-state index contributed by atoms with van der Waals surface area (Å²) in [6, 6.07) is 20.0. The number of nitrogens with zero attached hydrogens (tertiary/aromatic N) is 1. The zero-order valence-electron chi connectivity index (χ0n) is 18.5. The zero-order chi connectivity index (χ0) is 24.2. The molecule has 172 valence electrons. The molecule has 0 amide bonds. The summed E-state index contributed by atoms with van der Waals surface area (Å²) in [6.07, 6.45) is 0. The number of hydrogen-bond donors (Lipinski definition) is 1. The van der Waals surface area contributed by atoms with E-state index in [1.807, 2.05) is 37.3 Å². The number of methoxy groups -OCH3 is 1. The molecule has 7 nitrogen and oxygen atoms in total. The van der Waals surface area contributed by atoms with Gasteiger partial charge in [0.15, 0.2) is 6.61 Å². The summed E-state index contributed by atoms with van der Waals surface area (Å²) in [5.41, 5.74) is 8.89. The number of halogens is 1. The van der Waals surface area contributed by atoms with E-state index in [9.17, 15) is 10.1 Å². The summed E-state index contributed by atoms with van der Waals surface area (Å²) in [4.78, 5) is 12.3. The van der Waals surface area contributed by atoms with E-state index in [1.165, 1.54) is 0 Å². The number of aryl methyl sites for hydroxylation is 1. The van der Waals surface area contributed by atoms with E-state index in [-0.39, 0.29) is 23.8 Å². The van der Waals surface area contributed by atoms with E-state index < -0.39 is 11.9 Å². The quantitative estimate of drug-likeness (QED) is 0.361. The monoisotopic (exact) mass is 520 g/mol. The molecule has 4 rings (SSSR count). The van der Waals surface area contributed by atoms with Crippen molar-refractivity contribution < 1.29 is 23.7 Å². The molecule has 34 heavy (non-hydrogen) atoms. The Morgan fingerprint density at radius 3 is 2.53 bits per heavy atom. The lowest BCUT2D eigenvalue weighted by Crippen LogP contribution is -2.22. The van der Waals surface area contributed by atoms with Gasteiger partial charge in [0.2, 0.25) is 5.88 Å². The molecule has 0 aliphatic carbocycles. The first-order valence-corrected chi connectivity index (χ1v) is 11.1. The number of ether oxygens (including phenoxy) is 4. The number of allylic oxidation sites excluding steroid dienone is 1. The Morgan fingerprint density at radius 2 is 1.82 bits per heavy atom. The Bertz CT molecular complexity index is 1310. The van der Waals surface area contributed by atoms with E-state index in [1.54, 1.807) is 37.4 Å². The molecular formula is C26H21BrN2O5. The molecule has 2 N–H and O–H groups in total. The van der Waals surface area contributed by atoms with Gasteiger partial charge >= 0.3 is 5.97 Å². The van der Waals surface area contributed by atoms with Crippen molar-refractivity contribution >= 4 is 21.9 Å². The Morgan fingerprint density at radius 1 is 1.09 bits per heavy atom. The average Bonchev–Trinajstić information content (AvgIpc) is 2.82. The van der Waals surface area contributed by atoms with Crippen LogP contribution in [0.15, 0.2) is 76.6 Å². The third-order valence-electron chi connectivity index (χ3n) is 5.30. The number of rotatable bonds is 6. The van der Waals surface area contributed by atoms with E-state index in [2.05, 4.69) is 22.0 Å². The minimum Gasteiger partial charge on any atom is -0.496 e. The standard InChI is InChI=1S/C26H21BrN2O5/c1-15-3-6-17(7-4-15)32-14-24(30)33-18-8-9-19-23(12-18)34-26(29)21(13-28)25(19)20-11-16(27)5-10-22(20)31-2/h3-12,25H,14,29H2,1-2H3. The maximum absolute atomic E-state index is 12.3. The maximum atomic E-state index is 12.3. The number of esters is 1. The zero-order valence-corrected chi connectivity index (χ0v) is 20.1. The fourth-order valence-corrected chi connectivity index (χ4v) is 4.07. The highest BCUT2D eigenvalue weighted by Crippen LogP contribution is 2.46. The number of nitrogens with two attached hydrogens (primary N) is 1. The summed E-state index contributed by atoms with van der Waals surface area (Å²) in [5.74, 6) is 0.721. The van der Waals surface area contributed by atoms with E-state index in [0.717, 1.165) is 15.6 Å². The smallest absolute Gasteiger partial charge is 0.349 e. The molecule has 1 aliphatic rings. The van der Waals surface area contributed by atoms with Crippen LogP contribution in [0.5, 0.6) is 23.0 Å². The Hall–Kier alpha value is -3.96. The maximum Gasteiger partial charge on any atom is 0.349 e. The first-order chi connectivity index (χ1) is 16.4. The molecule has 3 aromatic rings. The molecule has 1 atom stereocenters. The fourth-order valence-electron chi connectivity index (χ4n) is 3.69. The van der Waals surface area contributed by atoms with E-state index in [0.29, 0.717) is 22.8 Å². The summed E-state index contributed by atoms with van der Waals surface area (Å²) in [6.45, 7) is 1.72. The minimum absolute atomic E-state index is 0.0202. The molecule has 0 aromatic heterocycles. The van der Waals surface area contributed by atoms with Crippen molar-refractivity contribution in [1.29, 1.82) is 5.26 Å². The predicted molar refractivity (Wildman–Crippen MR) is 129 cm³/mol. The Balaban J connectivity index is 1.59. The number of carbonyl (C=O) groups is 1. The molecule has 0 fully saturated rings. The molecule has 0 spiro atoms. The highest BCUT2D eigenvalue weighted by atomic mass is 79.9. The van der Waals surface area contributed by atoms with Crippen molar-refractivity contribution in [2.24, 2.45) is 5.73 Å². The van der Waals surface area contributed by atoms with Gasteiger partial charge in [0.05, 0.1) is 13.0 Å². The van der Waals surface area contributed by atoms with Gasteiger partial charge < -0.3 is 24.7 Å². The van der Waals surface area contributed by atoms with Crippen molar-refractivity contribution in [3.05, 3.63) is 93.3 Å². The van der Waals surface area contributed by atoms with Gasteiger partial charge in [-0.15, -0.1) is 0 Å². The van der Waals surface area contributed by atoms with Crippen molar-refractivity contribution in [2.75, 3.05) is 13.7 Å². The molecule has 0 saturated heterocycles. The molecule has 1 unspecified atom stereocenters. The first kappa shape index (κ1) is 23.2. The number of carbonyl (C=O) groups excluding carboxylic acids is 1. The van der Waals surface area contributed by atoms with E-state index >= 15 is 0 Å². The van der Waals surface area contributed by atoms with Gasteiger partial charge in [-0.1, -0.05) is 39.7 Å². The van der Waals surface area contributed by atoms with Crippen LogP contribution in [0, 0.1) is 18.3 Å². The van der Waals surface area contributed by atoms with E-state index in [4.69, 9.17) is 24.7 Å². The van der Waals surface area contributed by atoms with Gasteiger partial charge in [-0.2, -0.15) is 5.26 Å². The van der Waals surface area contributed by atoms with Crippen LogP contribution < -0.4 is 24.7 Å². The average molecular weight is 521 g/mol. The highest BCUT2D eigenvalue weighted by molar-refractivity contribution is 9.10. The van der Waals surface area contributed by atoms with Gasteiger partial charge in [-0.3, -0.25) is 0 Å². The molecular weight excluding hydrogens is 500 g/mol. The summed E-state index contributed by atoms with van der Waals surface area (Å²) in [5, 5.41) is 9.79. The number of nitriles is 1. The molecule has 0 saturated carbocycles. The molecule has 8 heteroatoms. The van der Waals surface area contributed by atoms with Crippen LogP contribution in [0.2, 0.25) is 0 Å². The van der Waals surface area contributed by atoms with Gasteiger partial charge in [-0.25, -0.2) is 4.79 Å². The van der Waals surface area contributed by atoms with Crippen LogP contribution >= 0.6 is 15.9 Å². The number of benzene rings is 3.